The summed E-state index contributed by atoms with van der Waals surface area (Å²) in [6.45, 7) is 3.57. The van der Waals surface area contributed by atoms with Crippen LogP contribution in [0.4, 0.5) is 11.4 Å². The summed E-state index contributed by atoms with van der Waals surface area (Å²) in [5, 5.41) is 13.4. The van der Waals surface area contributed by atoms with Gasteiger partial charge in [0.25, 0.3) is 5.91 Å². The van der Waals surface area contributed by atoms with Crippen LogP contribution >= 0.6 is 0 Å². The number of carbonyl (C=O) groups excluding carboxylic acids is 1. The Hall–Kier alpha value is -2.31. The van der Waals surface area contributed by atoms with Gasteiger partial charge in [-0.05, 0) is 13.8 Å². The van der Waals surface area contributed by atoms with Crippen molar-refractivity contribution in [3.8, 4) is 0 Å². The van der Waals surface area contributed by atoms with Gasteiger partial charge in [-0.25, -0.2) is 0 Å². The van der Waals surface area contributed by atoms with E-state index in [4.69, 9.17) is 5.73 Å². The van der Waals surface area contributed by atoms with E-state index in [0.29, 0.717) is 17.1 Å². The predicted octanol–water partition coefficient (Wildman–Crippen LogP) is 0.595. The first-order valence-electron chi connectivity index (χ1n) is 5.11. The molecule has 7 nitrogen and oxygen atoms in total. The molecule has 0 aliphatic rings. The zero-order chi connectivity index (χ0) is 12.6. The smallest absolute Gasteiger partial charge is 0.278 e. The molecule has 0 radical (unpaired) electrons. The number of nitrogens with two attached hydrogens (primary N) is 1. The molecule has 0 aromatic carbocycles. The lowest BCUT2D eigenvalue weighted by atomic mass is 10.3. The van der Waals surface area contributed by atoms with Gasteiger partial charge in [-0.1, -0.05) is 0 Å². The molecule has 90 valence electrons. The van der Waals surface area contributed by atoms with Crippen LogP contribution in [-0.2, 0) is 7.05 Å². The third kappa shape index (κ3) is 1.99. The first-order chi connectivity index (χ1) is 7.99. The van der Waals surface area contributed by atoms with Crippen molar-refractivity contribution in [2.45, 2.75) is 13.8 Å². The molecule has 7 heteroatoms. The average molecular weight is 234 g/mol. The number of nitrogen functional groups attached to an aromatic ring is 1. The number of nitrogens with zero attached hydrogens (tertiary/aromatic N) is 3. The summed E-state index contributed by atoms with van der Waals surface area (Å²) in [5.74, 6) is -0.344. The van der Waals surface area contributed by atoms with Gasteiger partial charge in [-0.2, -0.15) is 10.2 Å². The van der Waals surface area contributed by atoms with E-state index in [-0.39, 0.29) is 11.6 Å². The van der Waals surface area contributed by atoms with Crippen molar-refractivity contribution < 1.29 is 4.79 Å². The number of hydrogen-bond donors (Lipinski definition) is 3. The molecule has 0 aliphatic heterocycles. The molecular formula is C10H14N6O. The first-order valence-corrected chi connectivity index (χ1v) is 5.11. The molecule has 0 spiro atoms. The maximum absolute atomic E-state index is 11.9. The number of amides is 1. The molecule has 0 saturated heterocycles. The number of rotatable bonds is 2. The Morgan fingerprint density at radius 1 is 1.53 bits per heavy atom. The van der Waals surface area contributed by atoms with E-state index in [0.717, 1.165) is 5.69 Å². The summed E-state index contributed by atoms with van der Waals surface area (Å²) in [4.78, 5) is 11.9. The van der Waals surface area contributed by atoms with E-state index in [1.165, 1.54) is 0 Å². The SMILES string of the molecule is Cc1nn(C)cc1NC(=O)c1n[nH]c(C)c1N. The standard InChI is InChI=1S/C10H14N6O/c1-5-7(4-16(3)15-5)12-10(17)9-8(11)6(2)13-14-9/h4H,11H2,1-3H3,(H,12,17)(H,13,14). The van der Waals surface area contributed by atoms with Gasteiger partial charge in [0.15, 0.2) is 5.69 Å². The Labute approximate surface area is 98.0 Å². The van der Waals surface area contributed by atoms with E-state index in [2.05, 4.69) is 20.6 Å². The summed E-state index contributed by atoms with van der Waals surface area (Å²) in [5.41, 5.74) is 8.36. The van der Waals surface area contributed by atoms with Crippen molar-refractivity contribution >= 4 is 17.3 Å². The lowest BCUT2D eigenvalue weighted by molar-refractivity contribution is 0.102. The molecule has 2 aromatic rings. The lowest BCUT2D eigenvalue weighted by Crippen LogP contribution is -2.14. The molecular weight excluding hydrogens is 220 g/mol. The summed E-state index contributed by atoms with van der Waals surface area (Å²) in [6, 6.07) is 0. The zero-order valence-electron chi connectivity index (χ0n) is 9.90. The Balaban J connectivity index is 2.23. The topological polar surface area (TPSA) is 102 Å². The van der Waals surface area contributed by atoms with Crippen LogP contribution in [0.1, 0.15) is 21.9 Å². The van der Waals surface area contributed by atoms with Crippen molar-refractivity contribution in [2.75, 3.05) is 11.1 Å². The Bertz CT molecular complexity index is 567. The number of carbonyl (C=O) groups is 1. The van der Waals surface area contributed by atoms with Crippen molar-refractivity contribution in [1.82, 2.24) is 20.0 Å². The number of aryl methyl sites for hydroxylation is 3. The fourth-order valence-corrected chi connectivity index (χ4v) is 1.51. The van der Waals surface area contributed by atoms with Crippen molar-refractivity contribution in [2.24, 2.45) is 7.05 Å². The number of anilines is 2. The predicted molar refractivity (Wildman–Crippen MR) is 63.6 cm³/mol. The van der Waals surface area contributed by atoms with E-state index in [9.17, 15) is 4.79 Å². The van der Waals surface area contributed by atoms with Crippen molar-refractivity contribution in [3.05, 3.63) is 23.3 Å². The maximum Gasteiger partial charge on any atom is 0.278 e. The third-order valence-corrected chi connectivity index (χ3v) is 2.47. The van der Waals surface area contributed by atoms with Crippen molar-refractivity contribution in [1.29, 1.82) is 0 Å². The fraction of sp³-hybridized carbons (Fsp3) is 0.300. The fourth-order valence-electron chi connectivity index (χ4n) is 1.51. The molecule has 0 unspecified atom stereocenters. The molecule has 2 heterocycles. The Kier molecular flexibility index (Phi) is 2.58. The van der Waals surface area contributed by atoms with Crippen LogP contribution in [0.25, 0.3) is 0 Å². The normalized spacial score (nSPS) is 10.5. The first kappa shape index (κ1) is 11.2. The van der Waals surface area contributed by atoms with Crippen LogP contribution in [0.5, 0.6) is 0 Å². The van der Waals surface area contributed by atoms with Gasteiger partial charge in [0.05, 0.1) is 22.8 Å². The van der Waals surface area contributed by atoms with Gasteiger partial charge in [0.2, 0.25) is 0 Å². The maximum atomic E-state index is 11.9. The highest BCUT2D eigenvalue weighted by atomic mass is 16.2. The van der Waals surface area contributed by atoms with Gasteiger partial charge < -0.3 is 11.1 Å². The quantitative estimate of drug-likeness (QED) is 0.707. The van der Waals surface area contributed by atoms with E-state index >= 15 is 0 Å². The number of hydrogen-bond acceptors (Lipinski definition) is 4. The van der Waals surface area contributed by atoms with Gasteiger partial charge >= 0.3 is 0 Å². The highest BCUT2D eigenvalue weighted by molar-refractivity contribution is 6.06. The second-order valence-electron chi connectivity index (χ2n) is 3.87. The molecule has 2 rings (SSSR count). The lowest BCUT2D eigenvalue weighted by Gasteiger charge is -2.01. The molecule has 0 aliphatic carbocycles. The largest absolute Gasteiger partial charge is 0.395 e. The molecule has 0 saturated carbocycles. The second kappa shape index (κ2) is 3.93. The minimum atomic E-state index is -0.344. The highest BCUT2D eigenvalue weighted by Gasteiger charge is 2.16. The van der Waals surface area contributed by atoms with E-state index in [1.807, 2.05) is 6.92 Å². The molecule has 1 amide bonds. The van der Waals surface area contributed by atoms with Crippen LogP contribution in [0.15, 0.2) is 6.20 Å². The number of aromatic amines is 1. The minimum absolute atomic E-state index is 0.200. The van der Waals surface area contributed by atoms with E-state index < -0.39 is 0 Å². The minimum Gasteiger partial charge on any atom is -0.395 e. The van der Waals surface area contributed by atoms with Crippen LogP contribution in [0, 0.1) is 13.8 Å². The third-order valence-electron chi connectivity index (χ3n) is 2.47. The molecule has 0 bridgehead atoms. The number of H-pyrrole nitrogens is 1. The highest BCUT2D eigenvalue weighted by Crippen LogP contribution is 2.16. The van der Waals surface area contributed by atoms with Gasteiger partial charge in [-0.15, -0.1) is 0 Å². The van der Waals surface area contributed by atoms with E-state index in [1.54, 1.807) is 24.9 Å². The molecule has 17 heavy (non-hydrogen) atoms. The summed E-state index contributed by atoms with van der Waals surface area (Å²) in [6.07, 6.45) is 1.73. The van der Waals surface area contributed by atoms with Crippen LogP contribution in [0.3, 0.4) is 0 Å². The second-order valence-corrected chi connectivity index (χ2v) is 3.87. The molecule has 4 N–H and O–H groups in total. The summed E-state index contributed by atoms with van der Waals surface area (Å²) >= 11 is 0. The molecule has 0 atom stereocenters. The average Bonchev–Trinajstić information content (AvgIpc) is 2.73. The van der Waals surface area contributed by atoms with Crippen LogP contribution in [-0.4, -0.2) is 25.9 Å². The summed E-state index contributed by atoms with van der Waals surface area (Å²) in [7, 11) is 1.79. The monoisotopic (exact) mass is 234 g/mol. The molecule has 2 aromatic heterocycles. The Morgan fingerprint density at radius 3 is 2.71 bits per heavy atom. The number of aromatic nitrogens is 4. The zero-order valence-corrected chi connectivity index (χ0v) is 9.90. The van der Waals surface area contributed by atoms with Gasteiger partial charge in [-0.3, -0.25) is 14.6 Å². The van der Waals surface area contributed by atoms with Gasteiger partial charge in [0, 0.05) is 13.2 Å². The van der Waals surface area contributed by atoms with Gasteiger partial charge in [0.1, 0.15) is 0 Å². The number of nitrogens with one attached hydrogen (secondary N) is 2. The van der Waals surface area contributed by atoms with Crippen LogP contribution in [0.2, 0.25) is 0 Å². The molecule has 0 fully saturated rings. The Morgan fingerprint density at radius 2 is 2.24 bits per heavy atom. The van der Waals surface area contributed by atoms with Crippen molar-refractivity contribution in [3.63, 3.8) is 0 Å². The summed E-state index contributed by atoms with van der Waals surface area (Å²) < 4.78 is 1.63. The van der Waals surface area contributed by atoms with Crippen LogP contribution < -0.4 is 11.1 Å².